The predicted molar refractivity (Wildman–Crippen MR) is 105 cm³/mol. The van der Waals surface area contributed by atoms with E-state index in [9.17, 15) is 9.59 Å². The van der Waals surface area contributed by atoms with Crippen LogP contribution >= 0.6 is 11.3 Å². The van der Waals surface area contributed by atoms with Crippen molar-refractivity contribution in [1.29, 1.82) is 0 Å². The average Bonchev–Trinajstić information content (AvgIpc) is 3.21. The lowest BCUT2D eigenvalue weighted by Crippen LogP contribution is -2.50. The minimum absolute atomic E-state index is 0.0235. The Labute approximate surface area is 161 Å². The smallest absolute Gasteiger partial charge is 0.408 e. The Balaban J connectivity index is 2.05. The molecule has 1 radical (unpaired) electrons. The second-order valence-electron chi connectivity index (χ2n) is 7.94. The van der Waals surface area contributed by atoms with Gasteiger partial charge in [-0.25, -0.2) is 4.79 Å². The van der Waals surface area contributed by atoms with Gasteiger partial charge in [0.2, 0.25) is 5.91 Å². The molecule has 1 saturated carbocycles. The third kappa shape index (κ3) is 7.36. The molecular weight excluding hydrogens is 348 g/mol. The van der Waals surface area contributed by atoms with Crippen molar-refractivity contribution in [2.45, 2.75) is 71.1 Å². The third-order valence-corrected chi connectivity index (χ3v) is 5.01. The van der Waals surface area contributed by atoms with E-state index in [2.05, 4.69) is 12.2 Å². The molecule has 1 aromatic heterocycles. The highest BCUT2D eigenvalue weighted by Gasteiger charge is 2.32. The fourth-order valence-electron chi connectivity index (χ4n) is 2.71. The van der Waals surface area contributed by atoms with Gasteiger partial charge in [0.15, 0.2) is 0 Å². The van der Waals surface area contributed by atoms with Gasteiger partial charge >= 0.3 is 6.09 Å². The van der Waals surface area contributed by atoms with Crippen LogP contribution in [-0.2, 0) is 16.1 Å². The van der Waals surface area contributed by atoms with E-state index in [1.807, 2.05) is 43.2 Å². The monoisotopic (exact) mass is 379 g/mol. The zero-order valence-electron chi connectivity index (χ0n) is 16.1. The van der Waals surface area contributed by atoms with Gasteiger partial charge in [-0.05, 0) is 57.4 Å². The topological polar surface area (TPSA) is 58.6 Å². The lowest BCUT2D eigenvalue weighted by molar-refractivity contribution is -0.134. The summed E-state index contributed by atoms with van der Waals surface area (Å²) in [5, 5.41) is 4.81. The second-order valence-corrected chi connectivity index (χ2v) is 8.97. The Bertz CT molecular complexity index is 576. The van der Waals surface area contributed by atoms with Gasteiger partial charge in [0, 0.05) is 11.4 Å². The molecule has 0 spiro atoms. The van der Waals surface area contributed by atoms with Gasteiger partial charge in [0.1, 0.15) is 11.6 Å². The van der Waals surface area contributed by atoms with Crippen LogP contribution in [0.3, 0.4) is 0 Å². The van der Waals surface area contributed by atoms with Crippen LogP contribution in [0.5, 0.6) is 0 Å². The van der Waals surface area contributed by atoms with Crippen LogP contribution < -0.4 is 5.32 Å². The molecule has 1 aliphatic carbocycles. The molecule has 1 N–H and O–H groups in total. The molecule has 0 aliphatic heterocycles. The zero-order chi connectivity index (χ0) is 19.2. The molecule has 1 fully saturated rings. The Kier molecular flexibility index (Phi) is 7.50. The first kappa shape index (κ1) is 20.7. The first-order chi connectivity index (χ1) is 12.3. The molecule has 0 aromatic carbocycles. The third-order valence-electron chi connectivity index (χ3n) is 4.15. The Hall–Kier alpha value is -1.56. The normalized spacial score (nSPS) is 15.4. The van der Waals surface area contributed by atoms with Crippen LogP contribution in [0, 0.1) is 12.8 Å². The van der Waals surface area contributed by atoms with Crippen LogP contribution in [-0.4, -0.2) is 35.1 Å². The van der Waals surface area contributed by atoms with Crippen molar-refractivity contribution in [3.63, 3.8) is 0 Å². The van der Waals surface area contributed by atoms with E-state index < -0.39 is 17.7 Å². The van der Waals surface area contributed by atoms with Gasteiger partial charge in [0.05, 0.1) is 6.54 Å². The van der Waals surface area contributed by atoms with E-state index in [4.69, 9.17) is 4.74 Å². The van der Waals surface area contributed by atoms with Gasteiger partial charge in [0.25, 0.3) is 0 Å². The highest BCUT2D eigenvalue weighted by Crippen LogP contribution is 2.31. The zero-order valence-corrected chi connectivity index (χ0v) is 16.9. The molecule has 2 rings (SSSR count). The molecule has 145 valence electrons. The molecule has 0 saturated heterocycles. The van der Waals surface area contributed by atoms with Gasteiger partial charge < -0.3 is 15.0 Å². The summed E-state index contributed by atoms with van der Waals surface area (Å²) in [6.07, 6.45) is 3.90. The number of hydrogen-bond acceptors (Lipinski definition) is 4. The second kappa shape index (κ2) is 9.40. The van der Waals surface area contributed by atoms with Crippen molar-refractivity contribution in [3.05, 3.63) is 29.3 Å². The summed E-state index contributed by atoms with van der Waals surface area (Å²) in [6, 6.07) is 3.48. The number of ether oxygens (including phenoxy) is 1. The summed E-state index contributed by atoms with van der Waals surface area (Å²) >= 11 is 1.65. The lowest BCUT2D eigenvalue weighted by Gasteiger charge is -2.29. The highest BCUT2D eigenvalue weighted by atomic mass is 32.1. The van der Waals surface area contributed by atoms with E-state index in [1.165, 1.54) is 12.8 Å². The summed E-state index contributed by atoms with van der Waals surface area (Å²) in [6.45, 7) is 10.7. The summed E-state index contributed by atoms with van der Waals surface area (Å²) < 4.78 is 5.34. The number of carbonyl (C=O) groups is 2. The molecular formula is C20H31N2O3S. The quantitative estimate of drug-likeness (QED) is 0.692. The number of carbonyl (C=O) groups excluding carboxylic acids is 2. The van der Waals surface area contributed by atoms with Crippen molar-refractivity contribution >= 4 is 23.3 Å². The standard InChI is InChI=1S/C20H31N2O3S/c1-5-6-9-17(21-19(24)25-20(2,3)4)18(23)22(13-15-10-11-15)14-16-8-7-12-26-16/h7-8,12,15,17H,1,5-6,9-11,13-14H2,2-4H3,(H,21,24)/t17-/m0/s1. The van der Waals surface area contributed by atoms with Gasteiger partial charge in [-0.3, -0.25) is 4.79 Å². The molecule has 1 heterocycles. The number of nitrogens with zero attached hydrogens (tertiary/aromatic N) is 1. The van der Waals surface area contributed by atoms with Crippen molar-refractivity contribution in [2.75, 3.05) is 6.54 Å². The number of hydrogen-bond donors (Lipinski definition) is 1. The number of rotatable bonds is 9. The maximum absolute atomic E-state index is 13.2. The largest absolute Gasteiger partial charge is 0.444 e. The molecule has 1 atom stereocenters. The molecule has 1 aliphatic rings. The van der Waals surface area contributed by atoms with E-state index in [0.717, 1.165) is 24.3 Å². The van der Waals surface area contributed by atoms with E-state index >= 15 is 0 Å². The molecule has 6 heteroatoms. The molecule has 1 aromatic rings. The molecule has 5 nitrogen and oxygen atoms in total. The van der Waals surface area contributed by atoms with Crippen molar-refractivity contribution < 1.29 is 14.3 Å². The average molecular weight is 380 g/mol. The van der Waals surface area contributed by atoms with Crippen LogP contribution in [0.15, 0.2) is 17.5 Å². The van der Waals surface area contributed by atoms with Gasteiger partial charge in [-0.1, -0.05) is 25.8 Å². The molecule has 0 unspecified atom stereocenters. The summed E-state index contributed by atoms with van der Waals surface area (Å²) in [4.78, 5) is 28.4. The van der Waals surface area contributed by atoms with Crippen LogP contribution in [0.4, 0.5) is 4.79 Å². The Morgan fingerprint density at radius 1 is 1.42 bits per heavy atom. The lowest BCUT2D eigenvalue weighted by atomic mass is 10.1. The summed E-state index contributed by atoms with van der Waals surface area (Å²) in [7, 11) is 0. The SMILES string of the molecule is [CH2]CCC[C@H](NC(=O)OC(C)(C)C)C(=O)N(Cc1cccs1)CC1CC1. The van der Waals surface area contributed by atoms with Crippen molar-refractivity contribution in [3.8, 4) is 0 Å². The first-order valence-electron chi connectivity index (χ1n) is 9.38. The predicted octanol–water partition coefficient (Wildman–Crippen LogP) is 4.38. The maximum atomic E-state index is 13.2. The number of thiophene rings is 1. The van der Waals surface area contributed by atoms with E-state index in [1.54, 1.807) is 11.3 Å². The Morgan fingerprint density at radius 3 is 2.69 bits per heavy atom. The van der Waals surface area contributed by atoms with E-state index in [0.29, 0.717) is 18.9 Å². The van der Waals surface area contributed by atoms with Crippen molar-refractivity contribution in [1.82, 2.24) is 10.2 Å². The van der Waals surface area contributed by atoms with Gasteiger partial charge in [-0.15, -0.1) is 11.3 Å². The number of nitrogens with one attached hydrogen (secondary N) is 1. The molecule has 26 heavy (non-hydrogen) atoms. The minimum atomic E-state index is -0.589. The first-order valence-corrected chi connectivity index (χ1v) is 10.3. The summed E-state index contributed by atoms with van der Waals surface area (Å²) in [5.74, 6) is 0.568. The van der Waals surface area contributed by atoms with Gasteiger partial charge in [-0.2, -0.15) is 0 Å². The number of amides is 2. The van der Waals surface area contributed by atoms with Crippen molar-refractivity contribution in [2.24, 2.45) is 5.92 Å². The fourth-order valence-corrected chi connectivity index (χ4v) is 3.43. The Morgan fingerprint density at radius 2 is 2.15 bits per heavy atom. The van der Waals surface area contributed by atoms with Crippen LogP contribution in [0.25, 0.3) is 0 Å². The van der Waals surface area contributed by atoms with E-state index in [-0.39, 0.29) is 5.91 Å². The molecule has 0 bridgehead atoms. The fraction of sp³-hybridized carbons (Fsp3) is 0.650. The minimum Gasteiger partial charge on any atom is -0.444 e. The summed E-state index contributed by atoms with van der Waals surface area (Å²) in [5.41, 5.74) is -0.589. The maximum Gasteiger partial charge on any atom is 0.408 e. The highest BCUT2D eigenvalue weighted by molar-refractivity contribution is 7.09. The van der Waals surface area contributed by atoms with Crippen LogP contribution in [0.1, 0.15) is 57.8 Å². The number of alkyl carbamates (subject to hydrolysis) is 1. The van der Waals surface area contributed by atoms with Crippen LogP contribution in [0.2, 0.25) is 0 Å². The number of unbranched alkanes of at least 4 members (excludes halogenated alkanes) is 1. The molecule has 2 amide bonds.